The highest BCUT2D eigenvalue weighted by atomic mass is 19.1. The summed E-state index contributed by atoms with van der Waals surface area (Å²) in [4.78, 5) is 24.0. The largest absolute Gasteiger partial charge is 0.457 e. The monoisotopic (exact) mass is 559 g/mol. The van der Waals surface area contributed by atoms with Crippen LogP contribution in [0.1, 0.15) is 44.9 Å². The summed E-state index contributed by atoms with van der Waals surface area (Å²) in [5.74, 6) is 1.52. The number of aromatic nitrogens is 3. The van der Waals surface area contributed by atoms with Crippen LogP contribution in [0.5, 0.6) is 11.5 Å². The van der Waals surface area contributed by atoms with Crippen LogP contribution in [0.3, 0.4) is 0 Å². The maximum Gasteiger partial charge on any atom is 0.208 e. The first kappa shape index (κ1) is 28.7. The van der Waals surface area contributed by atoms with Gasteiger partial charge in [0.05, 0.1) is 41.5 Å². The van der Waals surface area contributed by atoms with Crippen molar-refractivity contribution < 1.29 is 18.7 Å². The second-order valence-corrected chi connectivity index (χ2v) is 11.7. The standard InChI is InChI=1S/C32H38FN5O3/c1-32(2,3)21-6-8-27(33)28(16-21)35-31-36-29-19-25(7-9-30(29)37(31)4)41-26-10-13-34-22(18-26)17-23(39)20-38-14-11-24(40-5)12-15-38/h6-10,13,16,18-19,24H,11-12,14-15,17,20H2,1-5H3,(H,35,36). The number of hydrogen-bond acceptors (Lipinski definition) is 7. The Balaban J connectivity index is 1.26. The molecule has 0 unspecified atom stereocenters. The highest BCUT2D eigenvalue weighted by Gasteiger charge is 2.21. The molecule has 4 aromatic rings. The Morgan fingerprint density at radius 3 is 2.56 bits per heavy atom. The first-order valence-corrected chi connectivity index (χ1v) is 14.0. The number of imidazole rings is 1. The van der Waals surface area contributed by atoms with Gasteiger partial charge in [-0.25, -0.2) is 9.37 Å². The molecule has 1 fully saturated rings. The summed E-state index contributed by atoms with van der Waals surface area (Å²) in [5, 5.41) is 3.16. The minimum Gasteiger partial charge on any atom is -0.457 e. The fourth-order valence-electron chi connectivity index (χ4n) is 5.13. The lowest BCUT2D eigenvalue weighted by Gasteiger charge is -2.30. The van der Waals surface area contributed by atoms with Crippen LogP contribution in [0.15, 0.2) is 54.7 Å². The quantitative estimate of drug-likeness (QED) is 0.263. The number of ether oxygens (including phenoxy) is 2. The van der Waals surface area contributed by atoms with Crippen LogP contribution in [0.25, 0.3) is 11.0 Å². The first-order valence-electron chi connectivity index (χ1n) is 14.0. The number of rotatable bonds is 9. The third-order valence-electron chi connectivity index (χ3n) is 7.60. The number of Topliss-reactive ketones (excluding diaryl/α,β-unsaturated/α-hetero) is 1. The number of anilines is 2. The molecule has 2 aromatic heterocycles. The SMILES string of the molecule is COC1CCN(CC(=O)Cc2cc(Oc3ccc4c(c3)nc(Nc3cc(C(C)(C)C)ccc3F)n4C)ccn2)CC1. The first-order chi connectivity index (χ1) is 19.6. The van der Waals surface area contributed by atoms with Gasteiger partial charge in [-0.05, 0) is 54.2 Å². The lowest BCUT2D eigenvalue weighted by molar-refractivity contribution is -0.120. The van der Waals surface area contributed by atoms with Crippen molar-refractivity contribution in [3.05, 3.63) is 71.8 Å². The average molecular weight is 560 g/mol. The Morgan fingerprint density at radius 2 is 1.83 bits per heavy atom. The Bertz CT molecular complexity index is 1540. The number of nitrogens with one attached hydrogen (secondary N) is 1. The summed E-state index contributed by atoms with van der Waals surface area (Å²) >= 11 is 0. The molecule has 0 amide bonds. The molecular weight excluding hydrogens is 521 g/mol. The summed E-state index contributed by atoms with van der Waals surface area (Å²) in [6.07, 6.45) is 4.10. The second kappa shape index (κ2) is 12.0. The summed E-state index contributed by atoms with van der Waals surface area (Å²) in [6, 6.07) is 14.3. The van der Waals surface area contributed by atoms with Crippen molar-refractivity contribution in [1.82, 2.24) is 19.4 Å². The highest BCUT2D eigenvalue weighted by Crippen LogP contribution is 2.31. The van der Waals surface area contributed by atoms with Crippen LogP contribution in [0, 0.1) is 5.82 Å². The molecule has 0 aliphatic carbocycles. The zero-order chi connectivity index (χ0) is 29.1. The van der Waals surface area contributed by atoms with E-state index in [1.165, 1.54) is 6.07 Å². The summed E-state index contributed by atoms with van der Waals surface area (Å²) in [5.41, 5.74) is 3.56. The van der Waals surface area contributed by atoms with Crippen molar-refractivity contribution >= 4 is 28.5 Å². The Hall–Kier alpha value is -3.82. The van der Waals surface area contributed by atoms with E-state index in [0.717, 1.165) is 37.0 Å². The Morgan fingerprint density at radius 1 is 1.07 bits per heavy atom. The van der Waals surface area contributed by atoms with Crippen molar-refractivity contribution in [2.45, 2.75) is 51.6 Å². The molecule has 5 rings (SSSR count). The number of fused-ring (bicyclic) bond motifs is 1. The molecule has 9 heteroatoms. The molecule has 1 aliphatic heterocycles. The van der Waals surface area contributed by atoms with Crippen LogP contribution in [0.2, 0.25) is 0 Å². The number of benzene rings is 2. The van der Waals surface area contributed by atoms with E-state index >= 15 is 0 Å². The average Bonchev–Trinajstić information content (AvgIpc) is 3.24. The second-order valence-electron chi connectivity index (χ2n) is 11.7. The number of pyridine rings is 1. The van der Waals surface area contributed by atoms with Gasteiger partial charge in [0.25, 0.3) is 0 Å². The van der Waals surface area contributed by atoms with Crippen LogP contribution in [-0.2, 0) is 28.4 Å². The minimum atomic E-state index is -0.336. The number of carbonyl (C=O) groups is 1. The van der Waals surface area contributed by atoms with Gasteiger partial charge < -0.3 is 19.4 Å². The van der Waals surface area contributed by atoms with E-state index in [-0.39, 0.29) is 23.4 Å². The fourth-order valence-corrected chi connectivity index (χ4v) is 5.13. The van der Waals surface area contributed by atoms with Gasteiger partial charge in [0, 0.05) is 45.6 Å². The molecule has 0 radical (unpaired) electrons. The van der Waals surface area contributed by atoms with Gasteiger partial charge in [0.15, 0.2) is 5.78 Å². The number of methoxy groups -OCH3 is 1. The maximum absolute atomic E-state index is 14.6. The molecule has 1 saturated heterocycles. The normalized spacial score (nSPS) is 14.9. The maximum atomic E-state index is 14.6. The molecule has 0 spiro atoms. The van der Waals surface area contributed by atoms with E-state index in [9.17, 15) is 9.18 Å². The van der Waals surface area contributed by atoms with Crippen molar-refractivity contribution in [1.29, 1.82) is 0 Å². The van der Waals surface area contributed by atoms with Crippen molar-refractivity contribution in [2.24, 2.45) is 7.05 Å². The number of carbonyl (C=O) groups excluding carboxylic acids is 1. The van der Waals surface area contributed by atoms with Crippen LogP contribution in [0.4, 0.5) is 16.0 Å². The van der Waals surface area contributed by atoms with Gasteiger partial charge in [0.2, 0.25) is 5.95 Å². The summed E-state index contributed by atoms with van der Waals surface area (Å²) in [7, 11) is 3.63. The molecule has 41 heavy (non-hydrogen) atoms. The van der Waals surface area contributed by atoms with Gasteiger partial charge in [-0.3, -0.25) is 14.7 Å². The number of likely N-dealkylation sites (tertiary alicyclic amines) is 1. The zero-order valence-corrected chi connectivity index (χ0v) is 24.4. The van der Waals surface area contributed by atoms with Crippen LogP contribution < -0.4 is 10.1 Å². The zero-order valence-electron chi connectivity index (χ0n) is 24.4. The molecule has 0 atom stereocenters. The molecule has 1 N–H and O–H groups in total. The van der Waals surface area contributed by atoms with Gasteiger partial charge in [-0.15, -0.1) is 0 Å². The number of hydrogen-bond donors (Lipinski definition) is 1. The van der Waals surface area contributed by atoms with Crippen molar-refractivity contribution in [3.8, 4) is 11.5 Å². The van der Waals surface area contributed by atoms with E-state index in [0.29, 0.717) is 47.0 Å². The molecular formula is C32H38FN5O3. The summed E-state index contributed by atoms with van der Waals surface area (Å²) in [6.45, 7) is 8.44. The predicted molar refractivity (Wildman–Crippen MR) is 159 cm³/mol. The summed E-state index contributed by atoms with van der Waals surface area (Å²) < 4.78 is 28.1. The van der Waals surface area contributed by atoms with Crippen molar-refractivity contribution in [3.63, 3.8) is 0 Å². The van der Waals surface area contributed by atoms with Crippen LogP contribution in [-0.4, -0.2) is 58.1 Å². The molecule has 216 valence electrons. The van der Waals surface area contributed by atoms with Crippen LogP contribution >= 0.6 is 0 Å². The molecule has 0 saturated carbocycles. The number of ketones is 1. The Labute approximate surface area is 240 Å². The fraction of sp³-hybridized carbons (Fsp3) is 0.406. The van der Waals surface area contributed by atoms with E-state index in [1.54, 1.807) is 25.4 Å². The van der Waals surface area contributed by atoms with E-state index in [4.69, 9.17) is 14.5 Å². The molecule has 1 aliphatic rings. The number of halogens is 1. The molecule has 2 aromatic carbocycles. The van der Waals surface area contributed by atoms with Gasteiger partial charge in [-0.2, -0.15) is 0 Å². The van der Waals surface area contributed by atoms with E-state index < -0.39 is 0 Å². The lowest BCUT2D eigenvalue weighted by Crippen LogP contribution is -2.39. The van der Waals surface area contributed by atoms with Gasteiger partial charge in [-0.1, -0.05) is 26.8 Å². The molecule has 8 nitrogen and oxygen atoms in total. The third-order valence-corrected chi connectivity index (χ3v) is 7.60. The highest BCUT2D eigenvalue weighted by molar-refractivity contribution is 5.83. The third kappa shape index (κ3) is 6.92. The van der Waals surface area contributed by atoms with Gasteiger partial charge in [0.1, 0.15) is 17.3 Å². The smallest absolute Gasteiger partial charge is 0.208 e. The minimum absolute atomic E-state index is 0.107. The van der Waals surface area contributed by atoms with E-state index in [2.05, 4.69) is 36.0 Å². The number of piperidine rings is 1. The molecule has 0 bridgehead atoms. The molecule has 3 heterocycles. The van der Waals surface area contributed by atoms with Crippen molar-refractivity contribution in [2.75, 3.05) is 32.1 Å². The Kier molecular flexibility index (Phi) is 8.37. The lowest BCUT2D eigenvalue weighted by atomic mass is 9.87. The number of aryl methyl sites for hydroxylation is 1. The predicted octanol–water partition coefficient (Wildman–Crippen LogP) is 6.16. The van der Waals surface area contributed by atoms with E-state index in [1.807, 2.05) is 41.9 Å². The number of nitrogens with zero attached hydrogens (tertiary/aromatic N) is 4. The van der Waals surface area contributed by atoms with Gasteiger partial charge >= 0.3 is 0 Å². The topological polar surface area (TPSA) is 81.5 Å².